The molecular formula is C9H13N3O3. The average molecular weight is 211 g/mol. The number of amides is 1. The van der Waals surface area contributed by atoms with E-state index in [1.165, 1.54) is 11.6 Å². The van der Waals surface area contributed by atoms with E-state index in [9.17, 15) is 14.7 Å². The van der Waals surface area contributed by atoms with Crippen molar-refractivity contribution in [3.05, 3.63) is 21.9 Å². The lowest BCUT2D eigenvalue weighted by Crippen LogP contribution is -2.29. The van der Waals surface area contributed by atoms with Gasteiger partial charge in [-0.15, -0.1) is 0 Å². The Labute approximate surface area is 86.6 Å². The van der Waals surface area contributed by atoms with Crippen molar-refractivity contribution in [1.82, 2.24) is 14.9 Å². The summed E-state index contributed by atoms with van der Waals surface area (Å²) in [6.07, 6.45) is 0. The molecule has 1 amide bonds. The topological polar surface area (TPSA) is 84.2 Å². The summed E-state index contributed by atoms with van der Waals surface area (Å²) in [6, 6.07) is 0. The fourth-order valence-electron chi connectivity index (χ4n) is 1.10. The Balaban J connectivity index is 3.33. The van der Waals surface area contributed by atoms with Crippen molar-refractivity contribution < 1.29 is 9.90 Å². The smallest absolute Gasteiger partial charge is 0.296 e. The first kappa shape index (κ1) is 11.2. The highest BCUT2D eigenvalue weighted by Gasteiger charge is 2.17. The van der Waals surface area contributed by atoms with Crippen LogP contribution in [0.4, 0.5) is 0 Å². The molecule has 1 aromatic heterocycles. The van der Waals surface area contributed by atoms with Crippen LogP contribution in [0.2, 0.25) is 0 Å². The lowest BCUT2D eigenvalue weighted by atomic mass is 10.3. The zero-order valence-electron chi connectivity index (χ0n) is 8.87. The quantitative estimate of drug-likeness (QED) is 0.693. The molecule has 2 N–H and O–H groups in total. The van der Waals surface area contributed by atoms with E-state index < -0.39 is 17.2 Å². The Morgan fingerprint density at radius 3 is 2.73 bits per heavy atom. The van der Waals surface area contributed by atoms with Gasteiger partial charge in [0, 0.05) is 13.6 Å². The van der Waals surface area contributed by atoms with Crippen LogP contribution >= 0.6 is 0 Å². The molecule has 6 heteroatoms. The highest BCUT2D eigenvalue weighted by molar-refractivity contribution is 5.94. The standard InChI is InChI=1S/C9H13N3O3/c1-4-10-8(14)6-7(13)9(15)12(3)5(2)11-6/h13H,4H2,1-3H3,(H,10,14). The molecule has 1 aromatic rings. The van der Waals surface area contributed by atoms with Crippen LogP contribution in [0.5, 0.6) is 5.75 Å². The maximum absolute atomic E-state index is 11.4. The molecule has 0 saturated heterocycles. The Kier molecular flexibility index (Phi) is 3.08. The van der Waals surface area contributed by atoms with Gasteiger partial charge in [-0.25, -0.2) is 4.98 Å². The first-order chi connectivity index (χ1) is 6.99. The van der Waals surface area contributed by atoms with Crippen molar-refractivity contribution in [1.29, 1.82) is 0 Å². The van der Waals surface area contributed by atoms with Gasteiger partial charge in [0.1, 0.15) is 5.82 Å². The number of rotatable bonds is 2. The number of aryl methyl sites for hydroxylation is 1. The van der Waals surface area contributed by atoms with E-state index in [1.807, 2.05) is 0 Å². The molecule has 0 aliphatic rings. The highest BCUT2D eigenvalue weighted by atomic mass is 16.3. The van der Waals surface area contributed by atoms with Crippen molar-refractivity contribution in [2.24, 2.45) is 7.05 Å². The van der Waals surface area contributed by atoms with Crippen molar-refractivity contribution >= 4 is 5.91 Å². The largest absolute Gasteiger partial charge is 0.501 e. The second kappa shape index (κ2) is 4.12. The molecule has 0 bridgehead atoms. The molecule has 0 aliphatic heterocycles. The molecular weight excluding hydrogens is 198 g/mol. The molecule has 1 rings (SSSR count). The van der Waals surface area contributed by atoms with Crippen LogP contribution in [-0.2, 0) is 7.05 Å². The molecule has 0 aromatic carbocycles. The minimum absolute atomic E-state index is 0.225. The fourth-order valence-corrected chi connectivity index (χ4v) is 1.10. The summed E-state index contributed by atoms with van der Waals surface area (Å²) in [6.45, 7) is 3.74. The minimum Gasteiger partial charge on any atom is -0.501 e. The van der Waals surface area contributed by atoms with E-state index in [1.54, 1.807) is 13.8 Å². The van der Waals surface area contributed by atoms with E-state index in [-0.39, 0.29) is 5.69 Å². The first-order valence-corrected chi connectivity index (χ1v) is 4.53. The van der Waals surface area contributed by atoms with E-state index >= 15 is 0 Å². The molecule has 15 heavy (non-hydrogen) atoms. The van der Waals surface area contributed by atoms with Crippen LogP contribution < -0.4 is 10.9 Å². The molecule has 0 radical (unpaired) electrons. The minimum atomic E-state index is -0.622. The molecule has 0 unspecified atom stereocenters. The lowest BCUT2D eigenvalue weighted by Gasteiger charge is -2.07. The van der Waals surface area contributed by atoms with Crippen molar-refractivity contribution in [3.8, 4) is 5.75 Å². The van der Waals surface area contributed by atoms with E-state index in [4.69, 9.17) is 0 Å². The maximum Gasteiger partial charge on any atom is 0.296 e. The Morgan fingerprint density at radius 2 is 2.20 bits per heavy atom. The third-order valence-electron chi connectivity index (χ3n) is 2.04. The van der Waals surface area contributed by atoms with Gasteiger partial charge in [0.2, 0.25) is 5.75 Å². The first-order valence-electron chi connectivity index (χ1n) is 4.53. The summed E-state index contributed by atoms with van der Waals surface area (Å²) in [5.74, 6) is -0.788. The lowest BCUT2D eigenvalue weighted by molar-refractivity contribution is 0.0947. The predicted molar refractivity (Wildman–Crippen MR) is 53.9 cm³/mol. The molecule has 0 spiro atoms. The van der Waals surface area contributed by atoms with Gasteiger partial charge in [-0.1, -0.05) is 0 Å². The van der Waals surface area contributed by atoms with E-state index in [0.29, 0.717) is 12.4 Å². The van der Waals surface area contributed by atoms with Crippen LogP contribution in [0, 0.1) is 6.92 Å². The second-order valence-electron chi connectivity index (χ2n) is 3.08. The van der Waals surface area contributed by atoms with Crippen LogP contribution in [0.3, 0.4) is 0 Å². The summed E-state index contributed by atoms with van der Waals surface area (Å²) in [5.41, 5.74) is -0.846. The van der Waals surface area contributed by atoms with Gasteiger partial charge in [0.05, 0.1) is 0 Å². The zero-order chi connectivity index (χ0) is 11.6. The number of nitrogens with one attached hydrogen (secondary N) is 1. The van der Waals surface area contributed by atoms with Gasteiger partial charge in [-0.05, 0) is 13.8 Å². The summed E-state index contributed by atoms with van der Waals surface area (Å²) < 4.78 is 1.18. The second-order valence-corrected chi connectivity index (χ2v) is 3.08. The third-order valence-corrected chi connectivity index (χ3v) is 2.04. The maximum atomic E-state index is 11.4. The van der Waals surface area contributed by atoms with Crippen LogP contribution in [0.1, 0.15) is 23.2 Å². The summed E-state index contributed by atoms with van der Waals surface area (Å²) in [4.78, 5) is 26.7. The van der Waals surface area contributed by atoms with Gasteiger partial charge in [-0.3, -0.25) is 14.2 Å². The summed E-state index contributed by atoms with van der Waals surface area (Å²) >= 11 is 0. The number of aromatic hydroxyl groups is 1. The summed E-state index contributed by atoms with van der Waals surface area (Å²) in [7, 11) is 1.48. The number of aromatic nitrogens is 2. The number of carbonyl (C=O) groups is 1. The fraction of sp³-hybridized carbons (Fsp3) is 0.444. The Hall–Kier alpha value is -1.85. The van der Waals surface area contributed by atoms with E-state index in [0.717, 1.165) is 0 Å². The molecule has 0 fully saturated rings. The molecule has 6 nitrogen and oxygen atoms in total. The van der Waals surface area contributed by atoms with Gasteiger partial charge in [0.25, 0.3) is 11.5 Å². The van der Waals surface area contributed by atoms with Crippen LogP contribution in [0.25, 0.3) is 0 Å². The number of carbonyl (C=O) groups excluding carboxylic acids is 1. The van der Waals surface area contributed by atoms with Gasteiger partial charge < -0.3 is 10.4 Å². The van der Waals surface area contributed by atoms with Gasteiger partial charge in [0.15, 0.2) is 5.69 Å². The Morgan fingerprint density at radius 1 is 1.60 bits per heavy atom. The summed E-state index contributed by atoms with van der Waals surface area (Å²) in [5, 5.41) is 11.9. The molecule has 82 valence electrons. The number of nitrogens with zero attached hydrogens (tertiary/aromatic N) is 2. The molecule has 0 atom stereocenters. The monoisotopic (exact) mass is 211 g/mol. The SMILES string of the molecule is CCNC(=O)c1nc(C)n(C)c(=O)c1O. The highest BCUT2D eigenvalue weighted by Crippen LogP contribution is 2.08. The number of hydrogen-bond donors (Lipinski definition) is 2. The van der Waals surface area contributed by atoms with Crippen molar-refractivity contribution in [2.75, 3.05) is 6.54 Å². The van der Waals surface area contributed by atoms with Gasteiger partial charge in [-0.2, -0.15) is 0 Å². The molecule has 0 aliphatic carbocycles. The van der Waals surface area contributed by atoms with E-state index in [2.05, 4.69) is 10.3 Å². The third kappa shape index (κ3) is 1.98. The van der Waals surface area contributed by atoms with Crippen LogP contribution in [0.15, 0.2) is 4.79 Å². The normalized spacial score (nSPS) is 10.1. The van der Waals surface area contributed by atoms with Crippen molar-refractivity contribution in [3.63, 3.8) is 0 Å². The van der Waals surface area contributed by atoms with Crippen molar-refractivity contribution in [2.45, 2.75) is 13.8 Å². The van der Waals surface area contributed by atoms with Crippen LogP contribution in [-0.4, -0.2) is 27.1 Å². The number of hydrogen-bond acceptors (Lipinski definition) is 4. The molecule has 1 heterocycles. The Bertz CT molecular complexity index is 451. The predicted octanol–water partition coefficient (Wildman–Crippen LogP) is -0.456. The zero-order valence-corrected chi connectivity index (χ0v) is 8.87. The molecule has 0 saturated carbocycles. The van der Waals surface area contributed by atoms with Gasteiger partial charge >= 0.3 is 0 Å². The average Bonchev–Trinajstić information content (AvgIpc) is 2.20.